The van der Waals surface area contributed by atoms with Crippen LogP contribution in [0, 0.1) is 0 Å². The quantitative estimate of drug-likeness (QED) is 0.175. The average Bonchev–Trinajstić information content (AvgIpc) is 4.33. The van der Waals surface area contributed by atoms with E-state index in [0.29, 0.717) is 15.8 Å². The minimum atomic E-state index is -0.773. The summed E-state index contributed by atoms with van der Waals surface area (Å²) >= 11 is 0.988. The smallest absolute Gasteiger partial charge is 0.238 e. The molecular formula is C51H30N4OS. The maximum Gasteiger partial charge on any atom is 0.238 e. The van der Waals surface area contributed by atoms with Gasteiger partial charge >= 0.3 is 0 Å². The summed E-state index contributed by atoms with van der Waals surface area (Å²) < 4.78 is 189. The van der Waals surface area contributed by atoms with E-state index in [-0.39, 0.29) is 71.5 Å². The zero-order chi connectivity index (χ0) is 54.9. The summed E-state index contributed by atoms with van der Waals surface area (Å²) in [4.78, 5) is 14.5. The van der Waals surface area contributed by atoms with Crippen molar-refractivity contribution in [1.29, 1.82) is 0 Å². The Morgan fingerprint density at radius 1 is 0.491 bits per heavy atom. The molecule has 8 aromatic carbocycles. The molecule has 0 saturated heterocycles. The van der Waals surface area contributed by atoms with Gasteiger partial charge in [0, 0.05) is 58.4 Å². The summed E-state index contributed by atoms with van der Waals surface area (Å²) in [5.41, 5.74) is -1.70. The highest BCUT2D eigenvalue weighted by atomic mass is 32.1. The lowest BCUT2D eigenvalue weighted by atomic mass is 9.99. The van der Waals surface area contributed by atoms with Crippen LogP contribution in [0.25, 0.3) is 115 Å². The molecule has 0 spiro atoms. The van der Waals surface area contributed by atoms with Gasteiger partial charge in [0.15, 0.2) is 11.6 Å². The Morgan fingerprint density at radius 2 is 1.21 bits per heavy atom. The number of furan rings is 1. The van der Waals surface area contributed by atoms with E-state index < -0.39 is 148 Å². The number of aromatic nitrogens is 4. The molecule has 0 bridgehead atoms. The van der Waals surface area contributed by atoms with Gasteiger partial charge in [-0.1, -0.05) is 145 Å². The van der Waals surface area contributed by atoms with Crippen molar-refractivity contribution in [2.45, 2.75) is 0 Å². The lowest BCUT2D eigenvalue weighted by Gasteiger charge is -2.12. The highest BCUT2D eigenvalue weighted by Crippen LogP contribution is 2.47. The van der Waals surface area contributed by atoms with Crippen LogP contribution in [0.5, 0.6) is 0 Å². The van der Waals surface area contributed by atoms with Gasteiger partial charge in [0.25, 0.3) is 0 Å². The van der Waals surface area contributed by atoms with E-state index in [1.54, 1.807) is 60.7 Å². The van der Waals surface area contributed by atoms with Crippen LogP contribution in [0.1, 0.15) is 27.4 Å². The molecule has 0 saturated carbocycles. The van der Waals surface area contributed by atoms with Crippen LogP contribution in [-0.2, 0) is 0 Å². The monoisotopic (exact) mass is 766 g/mol. The van der Waals surface area contributed by atoms with Gasteiger partial charge in [0.2, 0.25) is 5.95 Å². The fraction of sp³-hybridized carbons (Fsp3) is 0. The summed E-state index contributed by atoms with van der Waals surface area (Å²) in [5, 5.41) is -0.795. The molecule has 0 N–H and O–H groups in total. The molecule has 0 radical (unpaired) electrons. The second-order valence-corrected chi connectivity index (χ2v) is 13.8. The third-order valence-electron chi connectivity index (χ3n) is 9.61. The number of rotatable bonds is 5. The minimum Gasteiger partial charge on any atom is -0.456 e. The molecule has 4 aromatic heterocycles. The van der Waals surface area contributed by atoms with Gasteiger partial charge in [-0.2, -0.15) is 9.97 Å². The van der Waals surface area contributed by atoms with Gasteiger partial charge in [-0.15, -0.1) is 11.3 Å². The Hall–Kier alpha value is -7.41. The molecule has 0 aliphatic rings. The van der Waals surface area contributed by atoms with Crippen molar-refractivity contribution >= 4 is 75.3 Å². The predicted molar refractivity (Wildman–Crippen MR) is 236 cm³/mol. The fourth-order valence-electron chi connectivity index (χ4n) is 7.18. The second kappa shape index (κ2) is 12.6. The van der Waals surface area contributed by atoms with Crippen LogP contribution in [0.4, 0.5) is 0 Å². The Morgan fingerprint density at radius 3 is 2.04 bits per heavy atom. The maximum atomic E-state index is 10.0. The summed E-state index contributed by atoms with van der Waals surface area (Å²) in [6.07, 6.45) is 0. The van der Waals surface area contributed by atoms with E-state index in [1.165, 1.54) is 4.57 Å². The van der Waals surface area contributed by atoms with Gasteiger partial charge in [-0.05, 0) is 52.9 Å². The summed E-state index contributed by atoms with van der Waals surface area (Å²) in [6, 6.07) is 4.15. The van der Waals surface area contributed by atoms with E-state index >= 15 is 0 Å². The van der Waals surface area contributed by atoms with Gasteiger partial charge in [0.1, 0.15) is 11.2 Å². The first-order valence-electron chi connectivity index (χ1n) is 27.4. The SMILES string of the molecule is [2H]c1c([2H])c([2H])c(-c2c([2H])c([2H])c([2H])c3oc4c([2H])c(-c5nc(-c6ccccc6)nc(-n6c7c([2H])c([2H])c([2H])c([2H])c7c7c([2H])c(-c8ccccc8)c8sc9c([2H])c([2H])c([2H])c([2H])c9c8c76)n5)c([2H])c([2H])c4c23)c([2H])c1[2H]. The highest BCUT2D eigenvalue weighted by molar-refractivity contribution is 7.26. The molecule has 0 aliphatic heterocycles. The second-order valence-electron chi connectivity index (χ2n) is 12.8. The molecule has 12 aromatic rings. The van der Waals surface area contributed by atoms with Crippen LogP contribution in [0.15, 0.2) is 186 Å². The first kappa shape index (κ1) is 18.0. The molecule has 5 nitrogen and oxygen atoms in total. The largest absolute Gasteiger partial charge is 0.456 e. The van der Waals surface area contributed by atoms with E-state index in [4.69, 9.17) is 37.2 Å². The van der Waals surface area contributed by atoms with Gasteiger partial charge in [0.05, 0.1) is 38.4 Å². The first-order chi connectivity index (χ1) is 36.6. The van der Waals surface area contributed by atoms with Crippen LogP contribution in [0.2, 0.25) is 0 Å². The predicted octanol–water partition coefficient (Wildman–Crippen LogP) is 13.9. The fourth-order valence-corrected chi connectivity index (χ4v) is 8.32. The van der Waals surface area contributed by atoms with Crippen molar-refractivity contribution in [3.05, 3.63) is 182 Å². The molecule has 0 aliphatic carbocycles. The van der Waals surface area contributed by atoms with E-state index in [1.807, 2.05) is 0 Å². The molecule has 0 fully saturated rings. The zero-order valence-electron chi connectivity index (χ0n) is 48.9. The van der Waals surface area contributed by atoms with Crippen LogP contribution >= 0.6 is 11.3 Å². The molecule has 4 heterocycles. The number of thiophene rings is 1. The van der Waals surface area contributed by atoms with Crippen molar-refractivity contribution in [1.82, 2.24) is 19.5 Å². The van der Waals surface area contributed by atoms with Crippen LogP contribution in [0.3, 0.4) is 0 Å². The Bertz CT molecular complexity index is 4670. The number of hydrogen-bond donors (Lipinski definition) is 0. The van der Waals surface area contributed by atoms with Gasteiger partial charge in [-0.3, -0.25) is 4.57 Å². The van der Waals surface area contributed by atoms with Crippen molar-refractivity contribution in [3.8, 4) is 51.0 Å². The zero-order valence-corrected chi connectivity index (χ0v) is 29.7. The standard InChI is InChI=1S/C51H30N4OS/c1-4-15-31(16-5-1)35-23-14-25-42-45(35)37-28-27-34(29-43(37)56-42)50-52-49(33-19-8-3-9-20-33)53-51(54-50)55-41-24-12-10-21-36(41)40-30-39(32-17-6-2-7-18-32)48-46(47(40)55)38-22-11-13-26-44(38)57-48/h1-30H/i1D,4D,5D,10D,11D,12D,13D,14D,15D,16D,21D,22D,23D,24D,25D,26D,27D,28D,29D,30D. The third kappa shape index (κ3) is 4.98. The molecule has 57 heavy (non-hydrogen) atoms. The highest BCUT2D eigenvalue weighted by Gasteiger charge is 2.24. The molecule has 0 atom stereocenters. The van der Waals surface area contributed by atoms with Crippen molar-refractivity contribution in [2.75, 3.05) is 0 Å². The molecule has 6 heteroatoms. The first-order valence-corrected chi connectivity index (χ1v) is 18.2. The normalized spacial score (nSPS) is 16.8. The Balaban J connectivity index is 1.27. The Kier molecular flexibility index (Phi) is 3.97. The third-order valence-corrected chi connectivity index (χ3v) is 10.7. The van der Waals surface area contributed by atoms with Crippen LogP contribution in [-0.4, -0.2) is 19.5 Å². The summed E-state index contributed by atoms with van der Waals surface area (Å²) in [5.74, 6) is -1.03. The topological polar surface area (TPSA) is 56.7 Å². The molecular weight excluding hydrogens is 717 g/mol. The lowest BCUT2D eigenvalue weighted by Crippen LogP contribution is -2.06. The van der Waals surface area contributed by atoms with Crippen molar-refractivity contribution < 1.29 is 31.8 Å². The Labute approximate surface area is 358 Å². The summed E-state index contributed by atoms with van der Waals surface area (Å²) in [7, 11) is 0. The molecule has 266 valence electrons. The number of fused-ring (bicyclic) bond motifs is 10. The van der Waals surface area contributed by atoms with Crippen molar-refractivity contribution in [2.24, 2.45) is 0 Å². The maximum absolute atomic E-state index is 10.0. The average molecular weight is 767 g/mol. The lowest BCUT2D eigenvalue weighted by molar-refractivity contribution is 0.669. The number of hydrogen-bond acceptors (Lipinski definition) is 5. The van der Waals surface area contributed by atoms with E-state index in [9.17, 15) is 9.60 Å². The molecule has 12 rings (SSSR count). The molecule has 0 amide bonds. The number of para-hydroxylation sites is 1. The minimum absolute atomic E-state index is 0.00884. The number of benzene rings is 8. The van der Waals surface area contributed by atoms with E-state index in [0.717, 1.165) is 11.3 Å². The number of nitrogens with zero attached hydrogens (tertiary/aromatic N) is 4. The van der Waals surface area contributed by atoms with Crippen LogP contribution < -0.4 is 0 Å². The summed E-state index contributed by atoms with van der Waals surface area (Å²) in [6.45, 7) is 0. The van der Waals surface area contributed by atoms with Gasteiger partial charge < -0.3 is 4.42 Å². The molecule has 0 unspecified atom stereocenters. The van der Waals surface area contributed by atoms with Crippen molar-refractivity contribution in [3.63, 3.8) is 0 Å². The van der Waals surface area contributed by atoms with Gasteiger partial charge in [-0.25, -0.2) is 4.98 Å². The van der Waals surface area contributed by atoms with E-state index in [2.05, 4.69) is 0 Å².